The molecule has 0 unspecified atom stereocenters. The monoisotopic (exact) mass is 256 g/mol. The number of aromatic nitrogens is 1. The second-order valence-electron chi connectivity index (χ2n) is 4.75. The van der Waals surface area contributed by atoms with Crippen molar-refractivity contribution in [2.45, 2.75) is 12.8 Å². The van der Waals surface area contributed by atoms with Crippen molar-refractivity contribution in [2.75, 3.05) is 13.2 Å². The molecule has 4 heteroatoms. The third-order valence-corrected chi connectivity index (χ3v) is 3.20. The quantitative estimate of drug-likeness (QED) is 0.834. The molecule has 1 aliphatic carbocycles. The normalized spacial score (nSPS) is 14.3. The van der Waals surface area contributed by atoms with Crippen molar-refractivity contribution >= 4 is 16.8 Å². The number of nitrogens with zero attached hydrogens (tertiary/aromatic N) is 1. The minimum atomic E-state index is 0.152. The van der Waals surface area contributed by atoms with Gasteiger partial charge < -0.3 is 10.1 Å². The summed E-state index contributed by atoms with van der Waals surface area (Å²) < 4.78 is 5.69. The van der Waals surface area contributed by atoms with E-state index in [1.54, 1.807) is 6.20 Å². The summed E-state index contributed by atoms with van der Waals surface area (Å²) in [7, 11) is 0. The van der Waals surface area contributed by atoms with Gasteiger partial charge in [-0.05, 0) is 25.0 Å². The molecule has 1 N–H and O–H groups in total. The smallest absolute Gasteiger partial charge is 0.223 e. The van der Waals surface area contributed by atoms with E-state index in [9.17, 15) is 4.79 Å². The fourth-order valence-electron chi connectivity index (χ4n) is 2.02. The molecule has 1 fully saturated rings. The fraction of sp³-hybridized carbons (Fsp3) is 0.333. The summed E-state index contributed by atoms with van der Waals surface area (Å²) in [6.45, 7) is 1.01. The van der Waals surface area contributed by atoms with Crippen LogP contribution in [0.25, 0.3) is 10.9 Å². The lowest BCUT2D eigenvalue weighted by atomic mass is 10.2. The van der Waals surface area contributed by atoms with Crippen molar-refractivity contribution in [3.63, 3.8) is 0 Å². The van der Waals surface area contributed by atoms with E-state index >= 15 is 0 Å². The van der Waals surface area contributed by atoms with E-state index in [-0.39, 0.29) is 11.8 Å². The van der Waals surface area contributed by atoms with Crippen LogP contribution >= 0.6 is 0 Å². The van der Waals surface area contributed by atoms with Crippen molar-refractivity contribution in [1.82, 2.24) is 10.3 Å². The number of carbonyl (C=O) groups excluding carboxylic acids is 1. The Labute approximate surface area is 111 Å². The lowest BCUT2D eigenvalue weighted by Crippen LogP contribution is -2.29. The molecular formula is C15H16N2O2. The van der Waals surface area contributed by atoms with Gasteiger partial charge in [-0.3, -0.25) is 9.78 Å². The average Bonchev–Trinajstić information content (AvgIpc) is 3.28. The molecule has 1 aliphatic rings. The Bertz CT molecular complexity index is 588. The Morgan fingerprint density at radius 1 is 1.32 bits per heavy atom. The van der Waals surface area contributed by atoms with Crippen LogP contribution in [0, 0.1) is 5.92 Å². The molecule has 98 valence electrons. The molecule has 0 atom stereocenters. The van der Waals surface area contributed by atoms with E-state index in [4.69, 9.17) is 4.74 Å². The van der Waals surface area contributed by atoms with Crippen molar-refractivity contribution < 1.29 is 9.53 Å². The summed E-state index contributed by atoms with van der Waals surface area (Å²) >= 11 is 0. The number of carbonyl (C=O) groups is 1. The van der Waals surface area contributed by atoms with Crippen LogP contribution in [0.15, 0.2) is 36.5 Å². The molecule has 1 amide bonds. The Morgan fingerprint density at radius 2 is 2.16 bits per heavy atom. The zero-order valence-corrected chi connectivity index (χ0v) is 10.6. The SMILES string of the molecule is O=C(NCCOc1cccc2cccnc12)C1CC1. The molecule has 0 saturated heterocycles. The molecule has 1 aromatic heterocycles. The van der Waals surface area contributed by atoms with Gasteiger partial charge in [-0.1, -0.05) is 18.2 Å². The highest BCUT2D eigenvalue weighted by atomic mass is 16.5. The molecular weight excluding hydrogens is 240 g/mol. The highest BCUT2D eigenvalue weighted by Gasteiger charge is 2.28. The molecule has 19 heavy (non-hydrogen) atoms. The van der Waals surface area contributed by atoms with Crippen LogP contribution < -0.4 is 10.1 Å². The van der Waals surface area contributed by atoms with E-state index in [1.807, 2.05) is 30.3 Å². The standard InChI is InChI=1S/C15H16N2O2/c18-15(12-6-7-12)17-9-10-19-13-5-1-3-11-4-2-8-16-14(11)13/h1-5,8,12H,6-7,9-10H2,(H,17,18). The molecule has 0 spiro atoms. The summed E-state index contributed by atoms with van der Waals surface area (Å²) in [6, 6.07) is 9.76. The molecule has 0 bridgehead atoms. The van der Waals surface area contributed by atoms with Gasteiger partial charge in [0.2, 0.25) is 5.91 Å². The molecule has 2 aromatic rings. The summed E-state index contributed by atoms with van der Waals surface area (Å²) in [4.78, 5) is 15.8. The number of para-hydroxylation sites is 1. The number of benzene rings is 1. The van der Waals surface area contributed by atoms with E-state index in [2.05, 4.69) is 10.3 Å². The summed E-state index contributed by atoms with van der Waals surface area (Å²) in [5.74, 6) is 1.16. The second kappa shape index (κ2) is 5.26. The maximum atomic E-state index is 11.5. The number of hydrogen-bond acceptors (Lipinski definition) is 3. The number of nitrogens with one attached hydrogen (secondary N) is 1. The lowest BCUT2D eigenvalue weighted by Gasteiger charge is -2.09. The minimum absolute atomic E-state index is 0.152. The molecule has 4 nitrogen and oxygen atoms in total. The summed E-state index contributed by atoms with van der Waals surface area (Å²) in [6.07, 6.45) is 3.81. The zero-order valence-electron chi connectivity index (χ0n) is 10.6. The maximum absolute atomic E-state index is 11.5. The third-order valence-electron chi connectivity index (χ3n) is 3.20. The van der Waals surface area contributed by atoms with E-state index in [1.165, 1.54) is 0 Å². The second-order valence-corrected chi connectivity index (χ2v) is 4.75. The highest BCUT2D eigenvalue weighted by molar-refractivity contribution is 5.84. The van der Waals surface area contributed by atoms with Gasteiger partial charge in [-0.15, -0.1) is 0 Å². The topological polar surface area (TPSA) is 51.2 Å². The first-order chi connectivity index (χ1) is 9.34. The van der Waals surface area contributed by atoms with Crippen molar-refractivity contribution in [3.05, 3.63) is 36.5 Å². The number of rotatable bonds is 5. The molecule has 1 aromatic carbocycles. The fourth-order valence-corrected chi connectivity index (χ4v) is 2.02. The van der Waals surface area contributed by atoms with E-state index < -0.39 is 0 Å². The Kier molecular flexibility index (Phi) is 3.31. The van der Waals surface area contributed by atoms with Gasteiger partial charge in [0.25, 0.3) is 0 Å². The number of hydrogen-bond donors (Lipinski definition) is 1. The predicted octanol–water partition coefficient (Wildman–Crippen LogP) is 2.14. The Hall–Kier alpha value is -2.10. The van der Waals surface area contributed by atoms with Gasteiger partial charge >= 0.3 is 0 Å². The van der Waals surface area contributed by atoms with Gasteiger partial charge in [0.15, 0.2) is 0 Å². The van der Waals surface area contributed by atoms with Crippen LogP contribution in [0.5, 0.6) is 5.75 Å². The molecule has 3 rings (SSSR count). The van der Waals surface area contributed by atoms with Crippen LogP contribution in [0.3, 0.4) is 0 Å². The first-order valence-electron chi connectivity index (χ1n) is 6.59. The van der Waals surface area contributed by atoms with Crippen LogP contribution in [0.2, 0.25) is 0 Å². The first kappa shape index (κ1) is 12.0. The van der Waals surface area contributed by atoms with Crippen LogP contribution in [-0.4, -0.2) is 24.0 Å². The third kappa shape index (κ3) is 2.84. The van der Waals surface area contributed by atoms with Gasteiger partial charge in [0.05, 0.1) is 6.54 Å². The number of amides is 1. The molecule has 1 saturated carbocycles. The predicted molar refractivity (Wildman–Crippen MR) is 73.0 cm³/mol. The van der Waals surface area contributed by atoms with Crippen molar-refractivity contribution in [1.29, 1.82) is 0 Å². The number of ether oxygens (including phenoxy) is 1. The first-order valence-corrected chi connectivity index (χ1v) is 6.59. The number of pyridine rings is 1. The summed E-state index contributed by atoms with van der Waals surface area (Å²) in [5.41, 5.74) is 0.860. The zero-order chi connectivity index (χ0) is 13.1. The average molecular weight is 256 g/mol. The lowest BCUT2D eigenvalue weighted by molar-refractivity contribution is -0.122. The Balaban J connectivity index is 1.57. The highest BCUT2D eigenvalue weighted by Crippen LogP contribution is 2.28. The largest absolute Gasteiger partial charge is 0.489 e. The van der Waals surface area contributed by atoms with Gasteiger partial charge in [0, 0.05) is 17.5 Å². The van der Waals surface area contributed by atoms with Gasteiger partial charge in [0.1, 0.15) is 17.9 Å². The van der Waals surface area contributed by atoms with E-state index in [0.717, 1.165) is 29.5 Å². The van der Waals surface area contributed by atoms with Gasteiger partial charge in [-0.25, -0.2) is 0 Å². The maximum Gasteiger partial charge on any atom is 0.223 e. The number of fused-ring (bicyclic) bond motifs is 1. The Morgan fingerprint density at radius 3 is 3.00 bits per heavy atom. The molecule has 0 radical (unpaired) electrons. The molecule has 1 heterocycles. The van der Waals surface area contributed by atoms with Crippen molar-refractivity contribution in [2.24, 2.45) is 5.92 Å². The van der Waals surface area contributed by atoms with Crippen molar-refractivity contribution in [3.8, 4) is 5.75 Å². The van der Waals surface area contributed by atoms with Crippen LogP contribution in [0.1, 0.15) is 12.8 Å². The minimum Gasteiger partial charge on any atom is -0.489 e. The molecule has 0 aliphatic heterocycles. The van der Waals surface area contributed by atoms with Crippen LogP contribution in [-0.2, 0) is 4.79 Å². The van der Waals surface area contributed by atoms with E-state index in [0.29, 0.717) is 13.2 Å². The summed E-state index contributed by atoms with van der Waals surface area (Å²) in [5, 5.41) is 3.94. The van der Waals surface area contributed by atoms with Gasteiger partial charge in [-0.2, -0.15) is 0 Å². The van der Waals surface area contributed by atoms with Crippen LogP contribution in [0.4, 0.5) is 0 Å².